The number of amides is 1. The highest BCUT2D eigenvalue weighted by atomic mass is 79.9. The largest absolute Gasteiger partial charge is 0.480 e. The normalized spacial score (nSPS) is 13.1. The average Bonchev–Trinajstić information content (AvgIpc) is 2.61. The number of carboxylic acid groups (broad SMARTS) is 1. The van der Waals surface area contributed by atoms with Gasteiger partial charge in [0.25, 0.3) is 5.91 Å². The van der Waals surface area contributed by atoms with E-state index in [-0.39, 0.29) is 10.2 Å². The summed E-state index contributed by atoms with van der Waals surface area (Å²) < 4.78 is 41.2. The minimum atomic E-state index is -4.69. The molecule has 2 N–H and O–H groups in total. The third-order valence-corrected chi connectivity index (χ3v) is 2.28. The first kappa shape index (κ1) is 14.6. The van der Waals surface area contributed by atoms with Gasteiger partial charge in [0.2, 0.25) is 0 Å². The first-order valence-corrected chi connectivity index (χ1v) is 5.33. The smallest absolute Gasteiger partial charge is 0.391 e. The minimum Gasteiger partial charge on any atom is -0.480 e. The molecule has 18 heavy (non-hydrogen) atoms. The molecule has 1 heterocycles. The van der Waals surface area contributed by atoms with E-state index in [1.807, 2.05) is 0 Å². The van der Waals surface area contributed by atoms with Gasteiger partial charge >= 0.3 is 12.1 Å². The van der Waals surface area contributed by atoms with E-state index in [0.717, 1.165) is 6.26 Å². The Labute approximate surface area is 107 Å². The average molecular weight is 330 g/mol. The van der Waals surface area contributed by atoms with E-state index in [0.29, 0.717) is 0 Å². The molecule has 0 aliphatic heterocycles. The maximum Gasteiger partial charge on any atom is 0.391 e. The van der Waals surface area contributed by atoms with Gasteiger partial charge in [0, 0.05) is 6.07 Å². The molecular formula is C9H7BrF3NO4. The van der Waals surface area contributed by atoms with Crippen LogP contribution in [0.1, 0.15) is 16.8 Å². The van der Waals surface area contributed by atoms with Crippen LogP contribution >= 0.6 is 15.9 Å². The van der Waals surface area contributed by atoms with Crippen LogP contribution < -0.4 is 5.32 Å². The highest BCUT2D eigenvalue weighted by Crippen LogP contribution is 2.22. The van der Waals surface area contributed by atoms with Crippen molar-refractivity contribution in [2.75, 3.05) is 0 Å². The van der Waals surface area contributed by atoms with Crippen molar-refractivity contribution in [2.24, 2.45) is 0 Å². The Bertz CT molecular complexity index is 457. The molecule has 1 amide bonds. The highest BCUT2D eigenvalue weighted by Gasteiger charge is 2.36. The van der Waals surface area contributed by atoms with Crippen molar-refractivity contribution in [2.45, 2.75) is 18.6 Å². The molecule has 0 aliphatic carbocycles. The highest BCUT2D eigenvalue weighted by molar-refractivity contribution is 9.10. The van der Waals surface area contributed by atoms with Gasteiger partial charge in [-0.1, -0.05) is 0 Å². The molecule has 1 rings (SSSR count). The summed E-state index contributed by atoms with van der Waals surface area (Å²) in [6.07, 6.45) is -5.34. The lowest BCUT2D eigenvalue weighted by molar-refractivity contribution is -0.157. The summed E-state index contributed by atoms with van der Waals surface area (Å²) in [4.78, 5) is 22.0. The molecule has 1 aromatic rings. The number of hydrogen-bond donors (Lipinski definition) is 2. The van der Waals surface area contributed by atoms with Crippen LogP contribution in [0.3, 0.4) is 0 Å². The van der Waals surface area contributed by atoms with E-state index in [4.69, 9.17) is 9.52 Å². The number of carbonyl (C=O) groups excluding carboxylic acids is 1. The van der Waals surface area contributed by atoms with Crippen LogP contribution in [0.4, 0.5) is 13.2 Å². The Balaban J connectivity index is 2.73. The predicted octanol–water partition coefficient (Wildman–Crippen LogP) is 2.18. The summed E-state index contributed by atoms with van der Waals surface area (Å²) in [6.45, 7) is 0. The molecule has 5 nitrogen and oxygen atoms in total. The number of nitrogens with one attached hydrogen (secondary N) is 1. The van der Waals surface area contributed by atoms with Crippen molar-refractivity contribution >= 4 is 27.8 Å². The van der Waals surface area contributed by atoms with Crippen molar-refractivity contribution in [1.29, 1.82) is 0 Å². The van der Waals surface area contributed by atoms with Gasteiger partial charge in [-0.15, -0.1) is 0 Å². The molecule has 9 heteroatoms. The van der Waals surface area contributed by atoms with Gasteiger partial charge in [0.15, 0.2) is 4.67 Å². The van der Waals surface area contributed by atoms with Crippen molar-refractivity contribution < 1.29 is 32.3 Å². The maximum atomic E-state index is 12.1. The zero-order valence-corrected chi connectivity index (χ0v) is 10.2. The lowest BCUT2D eigenvalue weighted by Crippen LogP contribution is -2.43. The molecule has 1 aromatic heterocycles. The molecule has 1 atom stereocenters. The van der Waals surface area contributed by atoms with E-state index < -0.39 is 30.5 Å². The van der Waals surface area contributed by atoms with Crippen LogP contribution in [-0.4, -0.2) is 29.2 Å². The van der Waals surface area contributed by atoms with Crippen molar-refractivity contribution in [3.05, 3.63) is 22.6 Å². The zero-order chi connectivity index (χ0) is 13.9. The SMILES string of the molecule is O=C(NC(CC(F)(F)F)C(=O)O)c1coc(Br)c1. The number of hydrogen-bond acceptors (Lipinski definition) is 3. The number of aliphatic carboxylic acids is 1. The van der Waals surface area contributed by atoms with Crippen LogP contribution in [0.15, 0.2) is 21.4 Å². The van der Waals surface area contributed by atoms with Gasteiger partial charge in [-0.3, -0.25) is 4.79 Å². The van der Waals surface area contributed by atoms with Crippen LogP contribution in [0.5, 0.6) is 0 Å². The van der Waals surface area contributed by atoms with Gasteiger partial charge in [-0.25, -0.2) is 4.79 Å². The number of alkyl halides is 3. The predicted molar refractivity (Wildman–Crippen MR) is 56.0 cm³/mol. The van der Waals surface area contributed by atoms with Crippen LogP contribution in [0, 0.1) is 0 Å². The van der Waals surface area contributed by atoms with Gasteiger partial charge in [0.1, 0.15) is 12.3 Å². The Morgan fingerprint density at radius 1 is 1.50 bits per heavy atom. The Kier molecular flexibility index (Phi) is 4.38. The van der Waals surface area contributed by atoms with Crippen molar-refractivity contribution in [1.82, 2.24) is 5.32 Å². The molecule has 0 aromatic carbocycles. The quantitative estimate of drug-likeness (QED) is 0.887. The summed E-state index contributed by atoms with van der Waals surface area (Å²) in [6, 6.07) is -0.826. The van der Waals surface area contributed by atoms with Crippen molar-refractivity contribution in [3.63, 3.8) is 0 Å². The number of rotatable bonds is 4. The summed E-state index contributed by atoms with van der Waals surface area (Å²) in [7, 11) is 0. The van der Waals surface area contributed by atoms with Crippen LogP contribution in [-0.2, 0) is 4.79 Å². The molecule has 100 valence electrons. The fourth-order valence-electron chi connectivity index (χ4n) is 1.10. The Morgan fingerprint density at radius 2 is 2.11 bits per heavy atom. The number of halogens is 4. The summed E-state index contributed by atoms with van der Waals surface area (Å²) in [5.74, 6) is -2.72. The third-order valence-electron chi connectivity index (χ3n) is 1.87. The second-order valence-electron chi connectivity index (χ2n) is 3.32. The zero-order valence-electron chi connectivity index (χ0n) is 8.62. The minimum absolute atomic E-state index is 0.0738. The van der Waals surface area contributed by atoms with E-state index in [1.54, 1.807) is 5.32 Å². The molecule has 0 aliphatic rings. The fourth-order valence-corrected chi connectivity index (χ4v) is 1.44. The monoisotopic (exact) mass is 329 g/mol. The molecule has 0 spiro atoms. The van der Waals surface area contributed by atoms with Gasteiger partial charge in [-0.05, 0) is 15.9 Å². The fraction of sp³-hybridized carbons (Fsp3) is 0.333. The Hall–Kier alpha value is -1.51. The molecule has 0 bridgehead atoms. The van der Waals surface area contributed by atoms with Crippen LogP contribution in [0.2, 0.25) is 0 Å². The first-order valence-electron chi connectivity index (χ1n) is 4.53. The van der Waals surface area contributed by atoms with E-state index in [9.17, 15) is 22.8 Å². The second kappa shape index (κ2) is 5.42. The standard InChI is InChI=1S/C9H7BrF3NO4/c10-6-1-4(3-18-6)7(15)14-5(8(16)17)2-9(11,12)13/h1,3,5H,2H2,(H,14,15)(H,16,17). The number of furan rings is 1. The second-order valence-corrected chi connectivity index (χ2v) is 4.10. The van der Waals surface area contributed by atoms with Crippen molar-refractivity contribution in [3.8, 4) is 0 Å². The molecule has 0 fully saturated rings. The van der Waals surface area contributed by atoms with Gasteiger partial charge in [-0.2, -0.15) is 13.2 Å². The number of carboxylic acids is 1. The Morgan fingerprint density at radius 3 is 2.50 bits per heavy atom. The molecule has 0 saturated heterocycles. The summed E-state index contributed by atoms with van der Waals surface area (Å²) in [5, 5.41) is 10.4. The topological polar surface area (TPSA) is 79.5 Å². The first-order chi connectivity index (χ1) is 8.19. The van der Waals surface area contributed by atoms with Crippen LogP contribution in [0.25, 0.3) is 0 Å². The molecule has 1 unspecified atom stereocenters. The molecule has 0 saturated carbocycles. The lowest BCUT2D eigenvalue weighted by atomic mass is 10.2. The molecular weight excluding hydrogens is 323 g/mol. The maximum absolute atomic E-state index is 12.1. The van der Waals surface area contributed by atoms with E-state index in [1.165, 1.54) is 6.07 Å². The summed E-state index contributed by atoms with van der Waals surface area (Å²) >= 11 is 2.90. The molecule has 0 radical (unpaired) electrons. The number of carbonyl (C=O) groups is 2. The van der Waals surface area contributed by atoms with E-state index in [2.05, 4.69) is 15.9 Å². The summed E-state index contributed by atoms with van der Waals surface area (Å²) in [5.41, 5.74) is -0.0738. The van der Waals surface area contributed by atoms with Gasteiger partial charge in [0.05, 0.1) is 12.0 Å². The van der Waals surface area contributed by atoms with E-state index >= 15 is 0 Å². The third kappa shape index (κ3) is 4.40. The lowest BCUT2D eigenvalue weighted by Gasteiger charge is -2.15. The van der Waals surface area contributed by atoms with Gasteiger partial charge < -0.3 is 14.8 Å².